The highest BCUT2D eigenvalue weighted by Crippen LogP contribution is 2.32. The van der Waals surface area contributed by atoms with Crippen LogP contribution in [0.25, 0.3) is 0 Å². The van der Waals surface area contributed by atoms with Crippen LogP contribution in [0.2, 0.25) is 0 Å². The first-order chi connectivity index (χ1) is 9.83. The van der Waals surface area contributed by atoms with Gasteiger partial charge in [0, 0.05) is 24.4 Å². The second kappa shape index (κ2) is 6.13. The zero-order valence-electron chi connectivity index (χ0n) is 11.7. The molecule has 1 unspecified atom stereocenters. The van der Waals surface area contributed by atoms with Crippen molar-refractivity contribution < 1.29 is 4.52 Å². The molecular formula is C15H20N4O. The van der Waals surface area contributed by atoms with Crippen LogP contribution in [0.4, 0.5) is 0 Å². The Hall–Kier alpha value is -1.75. The Balaban J connectivity index is 1.56. The van der Waals surface area contributed by atoms with Gasteiger partial charge in [0.1, 0.15) is 0 Å². The molecular weight excluding hydrogens is 252 g/mol. The largest absolute Gasteiger partial charge is 0.338 e. The molecule has 1 aliphatic carbocycles. The molecule has 106 valence electrons. The van der Waals surface area contributed by atoms with Crippen molar-refractivity contribution in [2.24, 2.45) is 0 Å². The fraction of sp³-hybridized carbons (Fsp3) is 0.533. The van der Waals surface area contributed by atoms with Gasteiger partial charge in [-0.15, -0.1) is 0 Å². The lowest BCUT2D eigenvalue weighted by molar-refractivity contribution is 0.353. The lowest BCUT2D eigenvalue weighted by atomic mass is 10.1. The molecule has 0 amide bonds. The second-order valence-corrected chi connectivity index (χ2v) is 5.41. The number of pyridine rings is 1. The van der Waals surface area contributed by atoms with Crippen LogP contribution in [-0.4, -0.2) is 15.1 Å². The summed E-state index contributed by atoms with van der Waals surface area (Å²) in [5, 5.41) is 7.51. The van der Waals surface area contributed by atoms with Gasteiger partial charge in [-0.25, -0.2) is 0 Å². The van der Waals surface area contributed by atoms with Gasteiger partial charge < -0.3 is 9.84 Å². The smallest absolute Gasteiger partial charge is 0.240 e. The zero-order chi connectivity index (χ0) is 13.8. The number of hydrogen-bond donors (Lipinski definition) is 1. The van der Waals surface area contributed by atoms with Crippen molar-refractivity contribution in [3.8, 4) is 0 Å². The summed E-state index contributed by atoms with van der Waals surface area (Å²) in [5.74, 6) is 2.06. The number of nitrogens with zero attached hydrogens (tertiary/aromatic N) is 3. The van der Waals surface area contributed by atoms with Crippen LogP contribution in [0.3, 0.4) is 0 Å². The Morgan fingerprint density at radius 1 is 1.30 bits per heavy atom. The van der Waals surface area contributed by atoms with Crippen molar-refractivity contribution >= 4 is 0 Å². The topological polar surface area (TPSA) is 63.8 Å². The standard InChI is InChI=1S/C15H20N4O/c1-11(12-6-8-16-9-7-12)17-10-14-18-15(19-20-14)13-4-2-3-5-13/h6-9,11,13,17H,2-5,10H2,1H3. The van der Waals surface area contributed by atoms with Crippen molar-refractivity contribution in [2.45, 2.75) is 51.1 Å². The summed E-state index contributed by atoms with van der Waals surface area (Å²) >= 11 is 0. The summed E-state index contributed by atoms with van der Waals surface area (Å²) in [5.41, 5.74) is 1.20. The van der Waals surface area contributed by atoms with Crippen molar-refractivity contribution in [1.29, 1.82) is 0 Å². The van der Waals surface area contributed by atoms with Gasteiger partial charge in [-0.2, -0.15) is 4.98 Å². The Kier molecular flexibility index (Phi) is 4.06. The van der Waals surface area contributed by atoms with E-state index >= 15 is 0 Å². The van der Waals surface area contributed by atoms with Gasteiger partial charge in [0.2, 0.25) is 5.89 Å². The Morgan fingerprint density at radius 3 is 2.80 bits per heavy atom. The summed E-state index contributed by atoms with van der Waals surface area (Å²) in [6.07, 6.45) is 8.56. The van der Waals surface area contributed by atoms with Crippen molar-refractivity contribution in [3.63, 3.8) is 0 Å². The molecule has 5 nitrogen and oxygen atoms in total. The van der Waals surface area contributed by atoms with Crippen LogP contribution in [0.15, 0.2) is 29.0 Å². The molecule has 2 aromatic rings. The minimum Gasteiger partial charge on any atom is -0.338 e. The van der Waals surface area contributed by atoms with Gasteiger partial charge in [0.05, 0.1) is 6.54 Å². The van der Waals surface area contributed by atoms with Crippen LogP contribution < -0.4 is 5.32 Å². The highest BCUT2D eigenvalue weighted by molar-refractivity contribution is 5.13. The third-order valence-electron chi connectivity index (χ3n) is 3.97. The maximum Gasteiger partial charge on any atom is 0.240 e. The summed E-state index contributed by atoms with van der Waals surface area (Å²) in [7, 11) is 0. The van der Waals surface area contributed by atoms with E-state index in [0.717, 1.165) is 5.82 Å². The molecule has 2 aromatic heterocycles. The molecule has 1 saturated carbocycles. The molecule has 5 heteroatoms. The van der Waals surface area contributed by atoms with E-state index in [9.17, 15) is 0 Å². The van der Waals surface area contributed by atoms with E-state index < -0.39 is 0 Å². The first kappa shape index (κ1) is 13.2. The fourth-order valence-electron chi connectivity index (χ4n) is 2.70. The SMILES string of the molecule is CC(NCc1nc(C2CCCC2)no1)c1ccncc1. The van der Waals surface area contributed by atoms with Gasteiger partial charge in [-0.3, -0.25) is 4.98 Å². The van der Waals surface area contributed by atoms with Gasteiger partial charge in [-0.05, 0) is 37.5 Å². The van der Waals surface area contributed by atoms with Crippen molar-refractivity contribution in [2.75, 3.05) is 0 Å². The van der Waals surface area contributed by atoms with Crippen LogP contribution in [0, 0.1) is 0 Å². The lowest BCUT2D eigenvalue weighted by Gasteiger charge is -2.11. The van der Waals surface area contributed by atoms with E-state index in [0.29, 0.717) is 18.4 Å². The van der Waals surface area contributed by atoms with Crippen LogP contribution in [0.5, 0.6) is 0 Å². The Morgan fingerprint density at radius 2 is 2.05 bits per heavy atom. The predicted octanol–water partition coefficient (Wildman–Crippen LogP) is 2.97. The van der Waals surface area contributed by atoms with E-state index in [4.69, 9.17) is 4.52 Å². The van der Waals surface area contributed by atoms with Gasteiger partial charge in [0.15, 0.2) is 5.82 Å². The number of nitrogens with one attached hydrogen (secondary N) is 1. The predicted molar refractivity (Wildman–Crippen MR) is 75.0 cm³/mol. The maximum atomic E-state index is 5.33. The van der Waals surface area contributed by atoms with Gasteiger partial charge in [-0.1, -0.05) is 18.0 Å². The quantitative estimate of drug-likeness (QED) is 0.906. The lowest BCUT2D eigenvalue weighted by Crippen LogP contribution is -2.18. The van der Waals surface area contributed by atoms with Gasteiger partial charge >= 0.3 is 0 Å². The summed E-state index contributed by atoms with van der Waals surface area (Å²) < 4.78 is 5.33. The molecule has 0 radical (unpaired) electrons. The first-order valence-electron chi connectivity index (χ1n) is 7.28. The molecule has 0 bridgehead atoms. The average Bonchev–Trinajstić information content (AvgIpc) is 3.16. The normalized spacial score (nSPS) is 17.4. The molecule has 1 aliphatic rings. The minimum absolute atomic E-state index is 0.236. The third-order valence-corrected chi connectivity index (χ3v) is 3.97. The molecule has 0 aromatic carbocycles. The molecule has 0 spiro atoms. The van der Waals surface area contributed by atoms with Crippen LogP contribution in [0.1, 0.15) is 61.8 Å². The first-order valence-corrected chi connectivity index (χ1v) is 7.28. The highest BCUT2D eigenvalue weighted by atomic mass is 16.5. The van der Waals surface area contributed by atoms with E-state index in [1.807, 2.05) is 12.1 Å². The summed E-state index contributed by atoms with van der Waals surface area (Å²) in [4.78, 5) is 8.53. The molecule has 1 fully saturated rings. The summed E-state index contributed by atoms with van der Waals surface area (Å²) in [6.45, 7) is 2.72. The summed E-state index contributed by atoms with van der Waals surface area (Å²) in [6, 6.07) is 4.25. The third kappa shape index (κ3) is 3.04. The number of aromatic nitrogens is 3. The molecule has 2 heterocycles. The monoisotopic (exact) mass is 272 g/mol. The van der Waals surface area contributed by atoms with Crippen molar-refractivity contribution in [1.82, 2.24) is 20.4 Å². The maximum absolute atomic E-state index is 5.33. The molecule has 1 N–H and O–H groups in total. The number of hydrogen-bond acceptors (Lipinski definition) is 5. The van der Waals surface area contributed by atoms with Crippen molar-refractivity contribution in [3.05, 3.63) is 41.8 Å². The highest BCUT2D eigenvalue weighted by Gasteiger charge is 2.22. The van der Waals surface area contributed by atoms with E-state index in [-0.39, 0.29) is 6.04 Å². The number of rotatable bonds is 5. The van der Waals surface area contributed by atoms with Crippen LogP contribution >= 0.6 is 0 Å². The van der Waals surface area contributed by atoms with Crippen LogP contribution in [-0.2, 0) is 6.54 Å². The molecule has 1 atom stereocenters. The molecule has 0 aliphatic heterocycles. The molecule has 0 saturated heterocycles. The zero-order valence-corrected chi connectivity index (χ0v) is 11.7. The Bertz CT molecular complexity index is 534. The van der Waals surface area contributed by atoms with E-state index in [1.165, 1.54) is 31.2 Å². The van der Waals surface area contributed by atoms with E-state index in [1.54, 1.807) is 12.4 Å². The average molecular weight is 272 g/mol. The minimum atomic E-state index is 0.236. The van der Waals surface area contributed by atoms with Gasteiger partial charge in [0.25, 0.3) is 0 Å². The second-order valence-electron chi connectivity index (χ2n) is 5.41. The Labute approximate surface area is 118 Å². The molecule has 3 rings (SSSR count). The fourth-order valence-corrected chi connectivity index (χ4v) is 2.70. The van der Waals surface area contributed by atoms with E-state index in [2.05, 4.69) is 27.4 Å². The molecule has 20 heavy (non-hydrogen) atoms.